The van der Waals surface area contributed by atoms with Crippen molar-refractivity contribution in [2.24, 2.45) is 0 Å². The Morgan fingerprint density at radius 3 is 2.17 bits per heavy atom. The van der Waals surface area contributed by atoms with Gasteiger partial charge in [0, 0.05) is 24.4 Å². The maximum atomic E-state index is 14.7. The summed E-state index contributed by atoms with van der Waals surface area (Å²) in [6, 6.07) is 15.5. The van der Waals surface area contributed by atoms with Crippen molar-refractivity contribution < 1.29 is 31.9 Å². The third-order valence-electron chi connectivity index (χ3n) is 4.82. The highest BCUT2D eigenvalue weighted by Crippen LogP contribution is 2.33. The molecule has 0 saturated carbocycles. The monoisotopic (exact) mass is 501 g/mol. The van der Waals surface area contributed by atoms with E-state index >= 15 is 0 Å². The van der Waals surface area contributed by atoms with Gasteiger partial charge in [0.15, 0.2) is 11.5 Å². The van der Waals surface area contributed by atoms with Crippen LogP contribution in [0.4, 0.5) is 21.5 Å². The molecule has 0 fully saturated rings. The van der Waals surface area contributed by atoms with Crippen molar-refractivity contribution in [2.75, 3.05) is 35.7 Å². The van der Waals surface area contributed by atoms with Gasteiger partial charge in [-0.1, -0.05) is 18.2 Å². The molecular weight excluding hydrogens is 477 g/mol. The summed E-state index contributed by atoms with van der Waals surface area (Å²) in [4.78, 5) is 23.9. The van der Waals surface area contributed by atoms with Crippen molar-refractivity contribution in [3.63, 3.8) is 0 Å². The van der Waals surface area contributed by atoms with Gasteiger partial charge in [-0.15, -0.1) is 0 Å². The molecule has 184 valence electrons. The highest BCUT2D eigenvalue weighted by Gasteiger charge is 2.30. The molecule has 3 rings (SSSR count). The van der Waals surface area contributed by atoms with Gasteiger partial charge in [-0.25, -0.2) is 12.8 Å². The number of nitrogens with zero attached hydrogens (tertiary/aromatic N) is 1. The average Bonchev–Trinajstić information content (AvgIpc) is 2.82. The smallest absolute Gasteiger partial charge is 0.265 e. The molecule has 0 saturated heterocycles. The lowest BCUT2D eigenvalue weighted by molar-refractivity contribution is -0.115. The molecule has 0 aliphatic rings. The Bertz CT molecular complexity index is 1350. The first-order valence-corrected chi connectivity index (χ1v) is 11.8. The minimum Gasteiger partial charge on any atom is -0.493 e. The van der Waals surface area contributed by atoms with E-state index in [1.807, 2.05) is 0 Å². The second-order valence-corrected chi connectivity index (χ2v) is 9.15. The minimum absolute atomic E-state index is 0.154. The van der Waals surface area contributed by atoms with Crippen LogP contribution in [0.3, 0.4) is 0 Å². The van der Waals surface area contributed by atoms with Crippen LogP contribution in [0.25, 0.3) is 0 Å². The van der Waals surface area contributed by atoms with Crippen molar-refractivity contribution in [3.05, 3.63) is 72.5 Å². The van der Waals surface area contributed by atoms with Crippen LogP contribution in [0.1, 0.15) is 6.92 Å². The van der Waals surface area contributed by atoms with Crippen LogP contribution in [0, 0.1) is 5.82 Å². The zero-order valence-electron chi connectivity index (χ0n) is 19.2. The van der Waals surface area contributed by atoms with Crippen molar-refractivity contribution >= 4 is 38.9 Å². The summed E-state index contributed by atoms with van der Waals surface area (Å²) in [5, 5.41) is 5.17. The normalized spacial score (nSPS) is 10.9. The lowest BCUT2D eigenvalue weighted by Crippen LogP contribution is -2.38. The Hall–Kier alpha value is -4.12. The molecule has 2 amide bonds. The molecule has 3 aromatic carbocycles. The van der Waals surface area contributed by atoms with Gasteiger partial charge in [0.2, 0.25) is 11.8 Å². The number of hydrogen-bond donors (Lipinski definition) is 2. The summed E-state index contributed by atoms with van der Waals surface area (Å²) in [5.74, 6) is -1.38. The maximum Gasteiger partial charge on any atom is 0.265 e. The fraction of sp³-hybridized carbons (Fsp3) is 0.167. The number of halogens is 1. The van der Waals surface area contributed by atoms with E-state index in [2.05, 4.69) is 10.6 Å². The molecule has 11 heteroatoms. The number of ether oxygens (including phenoxy) is 2. The van der Waals surface area contributed by atoms with Crippen molar-refractivity contribution in [1.82, 2.24) is 0 Å². The van der Waals surface area contributed by atoms with Gasteiger partial charge in [-0.3, -0.25) is 13.9 Å². The van der Waals surface area contributed by atoms with E-state index in [1.54, 1.807) is 18.2 Å². The second-order valence-electron chi connectivity index (χ2n) is 7.29. The predicted octanol–water partition coefficient (Wildman–Crippen LogP) is 3.64. The Kier molecular flexibility index (Phi) is 7.92. The Morgan fingerprint density at radius 1 is 0.886 bits per heavy atom. The van der Waals surface area contributed by atoms with Crippen LogP contribution >= 0.6 is 0 Å². The molecular formula is C24H24FN3O6S. The van der Waals surface area contributed by atoms with Gasteiger partial charge in [0.05, 0.1) is 24.8 Å². The third-order valence-corrected chi connectivity index (χ3v) is 6.57. The zero-order valence-corrected chi connectivity index (χ0v) is 20.1. The molecule has 0 bridgehead atoms. The summed E-state index contributed by atoms with van der Waals surface area (Å²) < 4.78 is 52.8. The minimum atomic E-state index is -4.41. The van der Waals surface area contributed by atoms with E-state index in [4.69, 9.17) is 9.47 Å². The van der Waals surface area contributed by atoms with Crippen LogP contribution in [-0.2, 0) is 19.6 Å². The number of carbonyl (C=O) groups is 2. The van der Waals surface area contributed by atoms with E-state index in [1.165, 1.54) is 63.6 Å². The van der Waals surface area contributed by atoms with E-state index in [9.17, 15) is 22.4 Å². The second kappa shape index (κ2) is 10.9. The molecule has 0 aliphatic heterocycles. The number of hydrogen-bond acceptors (Lipinski definition) is 6. The van der Waals surface area contributed by atoms with Crippen LogP contribution in [0.15, 0.2) is 71.6 Å². The largest absolute Gasteiger partial charge is 0.493 e. The van der Waals surface area contributed by atoms with Crippen LogP contribution in [0.2, 0.25) is 0 Å². The Labute approximate surface area is 202 Å². The molecule has 9 nitrogen and oxygen atoms in total. The number of sulfonamides is 1. The highest BCUT2D eigenvalue weighted by atomic mass is 32.2. The van der Waals surface area contributed by atoms with Crippen LogP contribution in [0.5, 0.6) is 11.5 Å². The summed E-state index contributed by atoms with van der Waals surface area (Å²) in [7, 11) is -1.65. The van der Waals surface area contributed by atoms with Crippen LogP contribution < -0.4 is 24.4 Å². The summed E-state index contributed by atoms with van der Waals surface area (Å²) in [6.07, 6.45) is 0. The standard InChI is InChI=1S/C24H24FN3O6S/c1-16(29)26-17-7-6-8-18(13-17)27-24(30)15-28(21-10-5-4-9-20(21)25)35(31,32)19-11-12-22(33-2)23(14-19)34-3/h4-14H,15H2,1-3H3,(H,26,29)(H,27,30). The Morgan fingerprint density at radius 2 is 1.54 bits per heavy atom. The van der Waals surface area contributed by atoms with Crippen molar-refractivity contribution in [1.29, 1.82) is 0 Å². The van der Waals surface area contributed by atoms with Crippen LogP contribution in [-0.4, -0.2) is 41.0 Å². The van der Waals surface area contributed by atoms with Gasteiger partial charge in [0.1, 0.15) is 12.4 Å². The lowest BCUT2D eigenvalue weighted by Gasteiger charge is -2.25. The number of benzene rings is 3. The highest BCUT2D eigenvalue weighted by molar-refractivity contribution is 7.92. The topological polar surface area (TPSA) is 114 Å². The molecule has 0 spiro atoms. The average molecular weight is 502 g/mol. The fourth-order valence-electron chi connectivity index (χ4n) is 3.27. The molecule has 3 aromatic rings. The van der Waals surface area contributed by atoms with Crippen molar-refractivity contribution in [3.8, 4) is 11.5 Å². The molecule has 0 radical (unpaired) electrons. The first kappa shape index (κ1) is 25.5. The van der Waals surface area contributed by atoms with Gasteiger partial charge >= 0.3 is 0 Å². The Balaban J connectivity index is 1.96. The van der Waals surface area contributed by atoms with Gasteiger partial charge < -0.3 is 20.1 Å². The molecule has 2 N–H and O–H groups in total. The molecule has 35 heavy (non-hydrogen) atoms. The van der Waals surface area contributed by atoms with E-state index in [-0.39, 0.29) is 22.2 Å². The van der Waals surface area contributed by atoms with E-state index in [0.717, 1.165) is 6.07 Å². The number of anilines is 3. The number of carbonyl (C=O) groups excluding carboxylic acids is 2. The summed E-state index contributed by atoms with van der Waals surface area (Å²) in [6.45, 7) is 0.624. The maximum absolute atomic E-state index is 14.7. The SMILES string of the molecule is COc1ccc(S(=O)(=O)N(CC(=O)Nc2cccc(NC(C)=O)c2)c2ccccc2F)cc1OC. The number of amides is 2. The first-order valence-electron chi connectivity index (χ1n) is 10.3. The summed E-state index contributed by atoms with van der Waals surface area (Å²) >= 11 is 0. The third kappa shape index (κ3) is 6.07. The number of nitrogens with one attached hydrogen (secondary N) is 2. The molecule has 0 aliphatic carbocycles. The number of rotatable bonds is 9. The number of para-hydroxylation sites is 1. The molecule has 0 aromatic heterocycles. The van der Waals surface area contributed by atoms with Crippen molar-refractivity contribution in [2.45, 2.75) is 11.8 Å². The molecule has 0 atom stereocenters. The fourth-order valence-corrected chi connectivity index (χ4v) is 4.71. The number of methoxy groups -OCH3 is 2. The van der Waals surface area contributed by atoms with Gasteiger partial charge in [-0.05, 0) is 42.5 Å². The molecule has 0 unspecified atom stereocenters. The molecule has 0 heterocycles. The van der Waals surface area contributed by atoms with Gasteiger partial charge in [-0.2, -0.15) is 0 Å². The zero-order chi connectivity index (χ0) is 25.6. The predicted molar refractivity (Wildman–Crippen MR) is 130 cm³/mol. The van der Waals surface area contributed by atoms with E-state index in [0.29, 0.717) is 21.4 Å². The van der Waals surface area contributed by atoms with E-state index < -0.39 is 28.3 Å². The first-order chi connectivity index (χ1) is 16.6. The lowest BCUT2D eigenvalue weighted by atomic mass is 10.2. The summed E-state index contributed by atoms with van der Waals surface area (Å²) in [5.41, 5.74) is 0.460. The quantitative estimate of drug-likeness (QED) is 0.463. The van der Waals surface area contributed by atoms with Gasteiger partial charge in [0.25, 0.3) is 10.0 Å².